The van der Waals surface area contributed by atoms with Gasteiger partial charge in [-0.2, -0.15) is 0 Å². The molecule has 1 heterocycles. The number of halogens is 2. The van der Waals surface area contributed by atoms with Crippen molar-refractivity contribution in [1.82, 2.24) is 9.97 Å². The lowest BCUT2D eigenvalue weighted by atomic mass is 10.1. The van der Waals surface area contributed by atoms with Crippen LogP contribution in [0.15, 0.2) is 54.7 Å². The number of amides is 1. The lowest BCUT2D eigenvalue weighted by Gasteiger charge is -2.09. The fourth-order valence-electron chi connectivity index (χ4n) is 2.32. The molecule has 5 nitrogen and oxygen atoms in total. The summed E-state index contributed by atoms with van der Waals surface area (Å²) in [6.45, 7) is 2.61. The molecule has 0 radical (unpaired) electrons. The second kappa shape index (κ2) is 8.17. The number of hydrogen-bond acceptors (Lipinski definition) is 4. The summed E-state index contributed by atoms with van der Waals surface area (Å²) in [5.74, 6) is 0.0276. The minimum atomic E-state index is -0.357. The molecule has 2 aromatic carbocycles. The summed E-state index contributed by atoms with van der Waals surface area (Å²) in [5, 5.41) is 6.67. The van der Waals surface area contributed by atoms with Gasteiger partial charge in [-0.1, -0.05) is 47.5 Å². The third kappa shape index (κ3) is 4.50. The normalized spacial score (nSPS) is 10.4. The maximum Gasteiger partial charge on any atom is 0.274 e. The van der Waals surface area contributed by atoms with E-state index < -0.39 is 0 Å². The topological polar surface area (TPSA) is 66.9 Å². The molecule has 7 heteroatoms. The summed E-state index contributed by atoms with van der Waals surface area (Å²) in [4.78, 5) is 20.8. The van der Waals surface area contributed by atoms with Crippen molar-refractivity contribution in [2.24, 2.45) is 0 Å². The van der Waals surface area contributed by atoms with Crippen molar-refractivity contribution < 1.29 is 4.79 Å². The van der Waals surface area contributed by atoms with Gasteiger partial charge < -0.3 is 10.6 Å². The number of aromatic nitrogens is 2. The zero-order valence-electron chi connectivity index (χ0n) is 14.0. The van der Waals surface area contributed by atoms with Gasteiger partial charge in [-0.15, -0.1) is 0 Å². The number of nitrogens with zero attached hydrogens (tertiary/aromatic N) is 2. The molecule has 0 saturated heterocycles. The van der Waals surface area contributed by atoms with Crippen LogP contribution in [0.4, 0.5) is 11.6 Å². The average molecular weight is 387 g/mol. The minimum absolute atomic E-state index is 0.248. The van der Waals surface area contributed by atoms with Gasteiger partial charge in [0.25, 0.3) is 5.91 Å². The van der Waals surface area contributed by atoms with Crippen LogP contribution >= 0.6 is 23.2 Å². The highest BCUT2D eigenvalue weighted by molar-refractivity contribution is 6.42. The Labute approximate surface area is 161 Å². The predicted molar refractivity (Wildman–Crippen MR) is 105 cm³/mol. The standard InChI is InChI=1S/C19H16Cl2N4O/c1-12-4-2-3-5-13(12)11-23-19-22-9-8-17(25-19)18(26)24-14-6-7-15(20)16(21)10-14/h2-10H,11H2,1H3,(H,24,26)(H,22,23,25). The van der Waals surface area contributed by atoms with E-state index in [4.69, 9.17) is 23.2 Å². The lowest BCUT2D eigenvalue weighted by Crippen LogP contribution is -2.15. The maximum absolute atomic E-state index is 12.4. The molecule has 1 amide bonds. The summed E-state index contributed by atoms with van der Waals surface area (Å²) in [6, 6.07) is 14.5. The highest BCUT2D eigenvalue weighted by atomic mass is 35.5. The molecule has 0 saturated carbocycles. The molecular weight excluding hydrogens is 371 g/mol. The number of hydrogen-bond donors (Lipinski definition) is 2. The number of benzene rings is 2. The molecule has 0 aliphatic heterocycles. The van der Waals surface area contributed by atoms with E-state index in [1.807, 2.05) is 31.2 Å². The summed E-state index contributed by atoms with van der Waals surface area (Å²) in [5.41, 5.74) is 3.10. The SMILES string of the molecule is Cc1ccccc1CNc1nccc(C(=O)Nc2ccc(Cl)c(Cl)c2)n1. The summed E-state index contributed by atoms with van der Waals surface area (Å²) in [6.07, 6.45) is 1.54. The molecule has 0 atom stereocenters. The highest BCUT2D eigenvalue weighted by Gasteiger charge is 2.10. The van der Waals surface area contributed by atoms with E-state index in [9.17, 15) is 4.79 Å². The first-order valence-electron chi connectivity index (χ1n) is 7.91. The van der Waals surface area contributed by atoms with Crippen LogP contribution in [0, 0.1) is 6.92 Å². The van der Waals surface area contributed by atoms with Gasteiger partial charge in [-0.3, -0.25) is 4.79 Å². The van der Waals surface area contributed by atoms with Gasteiger partial charge in [0, 0.05) is 18.4 Å². The van der Waals surface area contributed by atoms with Gasteiger partial charge >= 0.3 is 0 Å². The van der Waals surface area contributed by atoms with E-state index in [-0.39, 0.29) is 11.6 Å². The zero-order valence-corrected chi connectivity index (χ0v) is 15.5. The second-order valence-electron chi connectivity index (χ2n) is 5.63. The van der Waals surface area contributed by atoms with Gasteiger partial charge in [-0.05, 0) is 42.3 Å². The number of carbonyl (C=O) groups excluding carboxylic acids is 1. The van der Waals surface area contributed by atoms with E-state index in [2.05, 4.69) is 20.6 Å². The molecule has 0 unspecified atom stereocenters. The van der Waals surface area contributed by atoms with Crippen molar-refractivity contribution >= 4 is 40.7 Å². The van der Waals surface area contributed by atoms with E-state index >= 15 is 0 Å². The smallest absolute Gasteiger partial charge is 0.274 e. The van der Waals surface area contributed by atoms with E-state index in [1.54, 1.807) is 24.3 Å². The van der Waals surface area contributed by atoms with Crippen LogP contribution in [0.3, 0.4) is 0 Å². The first-order valence-corrected chi connectivity index (χ1v) is 8.66. The Bertz CT molecular complexity index is 946. The minimum Gasteiger partial charge on any atom is -0.350 e. The first-order chi connectivity index (χ1) is 12.5. The number of rotatable bonds is 5. The molecule has 3 rings (SSSR count). The zero-order chi connectivity index (χ0) is 18.5. The molecule has 0 bridgehead atoms. The van der Waals surface area contributed by atoms with Gasteiger partial charge in [0.15, 0.2) is 0 Å². The molecule has 0 spiro atoms. The second-order valence-corrected chi connectivity index (χ2v) is 6.44. The van der Waals surface area contributed by atoms with Crippen molar-refractivity contribution in [2.45, 2.75) is 13.5 Å². The Balaban J connectivity index is 1.69. The quantitative estimate of drug-likeness (QED) is 0.650. The summed E-state index contributed by atoms with van der Waals surface area (Å²) < 4.78 is 0. The lowest BCUT2D eigenvalue weighted by molar-refractivity contribution is 0.102. The molecule has 2 N–H and O–H groups in total. The maximum atomic E-state index is 12.4. The Morgan fingerprint density at radius 3 is 2.65 bits per heavy atom. The number of nitrogens with one attached hydrogen (secondary N) is 2. The van der Waals surface area contributed by atoms with Crippen LogP contribution in [0.1, 0.15) is 21.6 Å². The van der Waals surface area contributed by atoms with Crippen molar-refractivity contribution in [3.63, 3.8) is 0 Å². The van der Waals surface area contributed by atoms with Crippen LogP contribution < -0.4 is 10.6 Å². The molecular formula is C19H16Cl2N4O. The number of carbonyl (C=O) groups is 1. The van der Waals surface area contributed by atoms with Gasteiger partial charge in [0.05, 0.1) is 10.0 Å². The van der Waals surface area contributed by atoms with Gasteiger partial charge in [0.2, 0.25) is 5.95 Å². The van der Waals surface area contributed by atoms with Crippen LogP contribution in [0.2, 0.25) is 10.0 Å². The molecule has 3 aromatic rings. The fraction of sp³-hybridized carbons (Fsp3) is 0.105. The van der Waals surface area contributed by atoms with Crippen molar-refractivity contribution in [3.05, 3.63) is 81.6 Å². The summed E-state index contributed by atoms with van der Waals surface area (Å²) in [7, 11) is 0. The van der Waals surface area contributed by atoms with Crippen molar-refractivity contribution in [1.29, 1.82) is 0 Å². The van der Waals surface area contributed by atoms with Crippen LogP contribution in [-0.2, 0) is 6.54 Å². The first kappa shape index (κ1) is 18.2. The molecule has 1 aromatic heterocycles. The third-order valence-corrected chi connectivity index (χ3v) is 4.50. The molecule has 0 aliphatic carbocycles. The Kier molecular flexibility index (Phi) is 5.71. The van der Waals surface area contributed by atoms with Crippen molar-refractivity contribution in [2.75, 3.05) is 10.6 Å². The Hall–Kier alpha value is -2.63. The van der Waals surface area contributed by atoms with Gasteiger partial charge in [0.1, 0.15) is 5.69 Å². The van der Waals surface area contributed by atoms with Crippen LogP contribution in [-0.4, -0.2) is 15.9 Å². The summed E-state index contributed by atoms with van der Waals surface area (Å²) >= 11 is 11.8. The van der Waals surface area contributed by atoms with E-state index in [0.717, 1.165) is 5.56 Å². The highest BCUT2D eigenvalue weighted by Crippen LogP contribution is 2.25. The largest absolute Gasteiger partial charge is 0.350 e. The monoisotopic (exact) mass is 386 g/mol. The number of aryl methyl sites for hydroxylation is 1. The van der Waals surface area contributed by atoms with Crippen molar-refractivity contribution in [3.8, 4) is 0 Å². The Morgan fingerprint density at radius 1 is 1.08 bits per heavy atom. The van der Waals surface area contributed by atoms with E-state index in [1.165, 1.54) is 11.8 Å². The number of anilines is 2. The van der Waals surface area contributed by atoms with Gasteiger partial charge in [-0.25, -0.2) is 9.97 Å². The molecule has 0 fully saturated rings. The molecule has 132 valence electrons. The molecule has 26 heavy (non-hydrogen) atoms. The Morgan fingerprint density at radius 2 is 1.88 bits per heavy atom. The van der Waals surface area contributed by atoms with E-state index in [0.29, 0.717) is 28.2 Å². The van der Waals surface area contributed by atoms with Crippen LogP contribution in [0.5, 0.6) is 0 Å². The fourth-order valence-corrected chi connectivity index (χ4v) is 2.62. The van der Waals surface area contributed by atoms with Crippen LogP contribution in [0.25, 0.3) is 0 Å². The predicted octanol–water partition coefficient (Wildman–Crippen LogP) is 4.96. The third-order valence-electron chi connectivity index (χ3n) is 3.76. The molecule has 0 aliphatic rings. The average Bonchev–Trinajstić information content (AvgIpc) is 2.64.